The highest BCUT2D eigenvalue weighted by molar-refractivity contribution is 5.72. The summed E-state index contributed by atoms with van der Waals surface area (Å²) in [4.78, 5) is 4.63. The first-order valence-corrected chi connectivity index (χ1v) is 11.8. The van der Waals surface area contributed by atoms with E-state index in [2.05, 4.69) is 128 Å². The summed E-state index contributed by atoms with van der Waals surface area (Å²) in [6, 6.07) is 36.6. The third-order valence-corrected chi connectivity index (χ3v) is 6.63. The summed E-state index contributed by atoms with van der Waals surface area (Å²) in [5.41, 5.74) is 10.9. The van der Waals surface area contributed by atoms with E-state index >= 15 is 0 Å². The first kappa shape index (κ1) is 21.8. The summed E-state index contributed by atoms with van der Waals surface area (Å²) in [5, 5.41) is 0. The quantitative estimate of drug-likeness (QED) is 0.257. The van der Waals surface area contributed by atoms with E-state index in [0.717, 1.165) is 5.69 Å². The summed E-state index contributed by atoms with van der Waals surface area (Å²) in [6.45, 7) is 6.64. The molecule has 2 heteroatoms. The predicted octanol–water partition coefficient (Wildman–Crippen LogP) is 7.60. The van der Waals surface area contributed by atoms with Crippen LogP contribution in [0.2, 0.25) is 0 Å². The van der Waals surface area contributed by atoms with Gasteiger partial charge >= 0.3 is 0 Å². The Bertz CT molecular complexity index is 1440. The lowest BCUT2D eigenvalue weighted by Gasteiger charge is -2.17. The van der Waals surface area contributed by atoms with Gasteiger partial charge in [0.2, 0.25) is 5.69 Å². The fourth-order valence-corrected chi connectivity index (χ4v) is 4.76. The molecule has 0 aliphatic heterocycles. The number of hydrogen-bond acceptors (Lipinski definition) is 1. The molecule has 5 rings (SSSR count). The van der Waals surface area contributed by atoms with Gasteiger partial charge < -0.3 is 0 Å². The Labute approximate surface area is 202 Å². The molecule has 3 aromatic carbocycles. The van der Waals surface area contributed by atoms with Crippen molar-refractivity contribution in [3.8, 4) is 33.6 Å². The number of aromatic nitrogens is 2. The predicted molar refractivity (Wildman–Crippen MR) is 140 cm³/mol. The molecule has 2 aromatic heterocycles. The van der Waals surface area contributed by atoms with Crippen LogP contribution in [0.4, 0.5) is 0 Å². The molecule has 1 atom stereocenters. The average Bonchev–Trinajstić information content (AvgIpc) is 2.89. The van der Waals surface area contributed by atoms with E-state index < -0.39 is 0 Å². The highest BCUT2D eigenvalue weighted by Crippen LogP contribution is 2.31. The van der Waals surface area contributed by atoms with Gasteiger partial charge in [0.1, 0.15) is 0 Å². The number of aryl methyl sites for hydroxylation is 2. The van der Waals surface area contributed by atoms with Crippen molar-refractivity contribution < 1.29 is 4.57 Å². The third kappa shape index (κ3) is 4.15. The lowest BCUT2D eigenvalue weighted by atomic mass is 9.95. The smallest absolute Gasteiger partial charge is 0.213 e. The Morgan fingerprint density at radius 2 is 1.26 bits per heavy atom. The van der Waals surface area contributed by atoms with Crippen LogP contribution in [0.15, 0.2) is 116 Å². The van der Waals surface area contributed by atoms with Gasteiger partial charge in [-0.05, 0) is 54.3 Å². The molecule has 166 valence electrons. The number of nitrogens with zero attached hydrogens (tertiary/aromatic N) is 2. The Hall–Kier alpha value is -4.04. The second-order valence-corrected chi connectivity index (χ2v) is 8.82. The van der Waals surface area contributed by atoms with Crippen LogP contribution in [0, 0.1) is 13.8 Å². The molecule has 0 aliphatic carbocycles. The van der Waals surface area contributed by atoms with E-state index in [4.69, 9.17) is 0 Å². The van der Waals surface area contributed by atoms with Gasteiger partial charge in [-0.25, -0.2) is 0 Å². The van der Waals surface area contributed by atoms with Crippen LogP contribution < -0.4 is 4.57 Å². The minimum Gasteiger partial charge on any atom is -0.256 e. The lowest BCUT2D eigenvalue weighted by molar-refractivity contribution is -0.699. The molecular weight excluding hydrogens is 412 g/mol. The SMILES string of the molecule is Cc1ccccc1-c1cc[n+]([C@@H](C)c2ccccc2-c2ccccn2)c(-c2ccccc2C)c1. The van der Waals surface area contributed by atoms with Crippen LogP contribution in [0.5, 0.6) is 0 Å². The van der Waals surface area contributed by atoms with Crippen LogP contribution in [0.25, 0.3) is 33.6 Å². The van der Waals surface area contributed by atoms with Crippen molar-refractivity contribution in [3.05, 3.63) is 132 Å². The molecule has 0 radical (unpaired) electrons. The second-order valence-electron chi connectivity index (χ2n) is 8.82. The van der Waals surface area contributed by atoms with Crippen LogP contribution in [-0.4, -0.2) is 4.98 Å². The fraction of sp³-hybridized carbons (Fsp3) is 0.125. The average molecular weight is 442 g/mol. The van der Waals surface area contributed by atoms with E-state index in [1.54, 1.807) is 0 Å². The van der Waals surface area contributed by atoms with Crippen molar-refractivity contribution in [2.75, 3.05) is 0 Å². The Kier molecular flexibility index (Phi) is 6.05. The third-order valence-electron chi connectivity index (χ3n) is 6.63. The van der Waals surface area contributed by atoms with Crippen LogP contribution in [0.1, 0.15) is 29.7 Å². The monoisotopic (exact) mass is 441 g/mol. The second kappa shape index (κ2) is 9.44. The van der Waals surface area contributed by atoms with E-state index in [1.165, 1.54) is 44.6 Å². The molecule has 0 saturated heterocycles. The zero-order chi connectivity index (χ0) is 23.5. The van der Waals surface area contributed by atoms with Gasteiger partial charge in [0.05, 0.1) is 5.69 Å². The number of pyridine rings is 2. The molecule has 0 amide bonds. The van der Waals surface area contributed by atoms with E-state index in [1.807, 2.05) is 18.3 Å². The van der Waals surface area contributed by atoms with E-state index in [0.29, 0.717) is 0 Å². The van der Waals surface area contributed by atoms with Crippen LogP contribution >= 0.6 is 0 Å². The zero-order valence-electron chi connectivity index (χ0n) is 19.9. The largest absolute Gasteiger partial charge is 0.256 e. The van der Waals surface area contributed by atoms with Crippen molar-refractivity contribution in [2.45, 2.75) is 26.8 Å². The fourth-order valence-electron chi connectivity index (χ4n) is 4.76. The number of benzene rings is 3. The Morgan fingerprint density at radius 1 is 0.647 bits per heavy atom. The van der Waals surface area contributed by atoms with Crippen molar-refractivity contribution in [2.24, 2.45) is 0 Å². The summed E-state index contributed by atoms with van der Waals surface area (Å²) in [7, 11) is 0. The summed E-state index contributed by atoms with van der Waals surface area (Å²) >= 11 is 0. The number of hydrogen-bond donors (Lipinski definition) is 0. The van der Waals surface area contributed by atoms with Gasteiger partial charge in [-0.3, -0.25) is 4.98 Å². The summed E-state index contributed by atoms with van der Waals surface area (Å²) in [6.07, 6.45) is 4.10. The molecule has 0 bridgehead atoms. The van der Waals surface area contributed by atoms with Crippen molar-refractivity contribution in [1.82, 2.24) is 4.98 Å². The molecular formula is C32H29N2+. The molecule has 0 N–H and O–H groups in total. The Balaban J connectivity index is 1.70. The molecule has 2 nitrogen and oxygen atoms in total. The highest BCUT2D eigenvalue weighted by Gasteiger charge is 2.25. The molecule has 0 unspecified atom stereocenters. The van der Waals surface area contributed by atoms with Gasteiger partial charge in [-0.2, -0.15) is 4.57 Å². The molecule has 34 heavy (non-hydrogen) atoms. The van der Waals surface area contributed by atoms with Crippen molar-refractivity contribution in [3.63, 3.8) is 0 Å². The van der Waals surface area contributed by atoms with Crippen molar-refractivity contribution in [1.29, 1.82) is 0 Å². The Morgan fingerprint density at radius 3 is 1.94 bits per heavy atom. The summed E-state index contributed by atoms with van der Waals surface area (Å²) in [5.74, 6) is 0. The molecule has 0 spiro atoms. The van der Waals surface area contributed by atoms with Crippen LogP contribution in [-0.2, 0) is 0 Å². The topological polar surface area (TPSA) is 16.8 Å². The highest BCUT2D eigenvalue weighted by atomic mass is 15.0. The maximum atomic E-state index is 4.63. The first-order chi connectivity index (χ1) is 16.6. The molecule has 0 saturated carbocycles. The van der Waals surface area contributed by atoms with Gasteiger partial charge in [-0.15, -0.1) is 0 Å². The maximum absolute atomic E-state index is 4.63. The van der Waals surface area contributed by atoms with Gasteiger partial charge in [0.25, 0.3) is 0 Å². The van der Waals surface area contributed by atoms with Crippen LogP contribution in [0.3, 0.4) is 0 Å². The molecule has 5 aromatic rings. The minimum absolute atomic E-state index is 0.124. The van der Waals surface area contributed by atoms with Crippen molar-refractivity contribution >= 4 is 0 Å². The number of rotatable bonds is 5. The molecule has 0 aliphatic rings. The lowest BCUT2D eigenvalue weighted by Crippen LogP contribution is -2.40. The normalized spacial score (nSPS) is 11.9. The van der Waals surface area contributed by atoms with Gasteiger partial charge in [0.15, 0.2) is 12.2 Å². The molecule has 0 fully saturated rings. The maximum Gasteiger partial charge on any atom is 0.213 e. The standard InChI is InChI=1S/C32H29N2/c1-23-12-4-6-14-27(23)26-19-21-34(32(22-26)28-15-7-5-13-24(28)2)25(3)29-16-8-9-17-30(29)31-18-10-11-20-33-31/h4-22,25H,1-3H3/q+1/t25-/m0/s1. The zero-order valence-corrected chi connectivity index (χ0v) is 19.9. The van der Waals surface area contributed by atoms with E-state index in [9.17, 15) is 0 Å². The van der Waals surface area contributed by atoms with Gasteiger partial charge in [-0.1, -0.05) is 72.8 Å². The summed E-state index contributed by atoms with van der Waals surface area (Å²) < 4.78 is 2.39. The van der Waals surface area contributed by atoms with E-state index in [-0.39, 0.29) is 6.04 Å². The minimum atomic E-state index is 0.124. The first-order valence-electron chi connectivity index (χ1n) is 11.8. The molecule has 2 heterocycles. The van der Waals surface area contributed by atoms with Gasteiger partial charge in [0, 0.05) is 41.9 Å².